The van der Waals surface area contributed by atoms with E-state index in [0.29, 0.717) is 5.69 Å². The molecule has 2 aliphatic heterocycles. The molecule has 140 valence electrons. The molecule has 0 aliphatic carbocycles. The highest BCUT2D eigenvalue weighted by atomic mass is 16.2. The Kier molecular flexibility index (Phi) is 4.90. The van der Waals surface area contributed by atoms with Gasteiger partial charge in [0, 0.05) is 32.4 Å². The van der Waals surface area contributed by atoms with E-state index >= 15 is 0 Å². The molecule has 2 aromatic rings. The fourth-order valence-corrected chi connectivity index (χ4v) is 3.86. The summed E-state index contributed by atoms with van der Waals surface area (Å²) in [7, 11) is 0. The fourth-order valence-electron chi connectivity index (χ4n) is 3.86. The molecule has 0 saturated carbocycles. The number of pyridine rings is 1. The third-order valence-corrected chi connectivity index (χ3v) is 5.45. The lowest BCUT2D eigenvalue weighted by Crippen LogP contribution is -2.52. The third kappa shape index (κ3) is 3.45. The number of aryl methyl sites for hydroxylation is 1. The van der Waals surface area contributed by atoms with E-state index in [1.165, 1.54) is 10.5 Å². The minimum atomic E-state index is -0.353. The lowest BCUT2D eigenvalue weighted by Gasteiger charge is -2.37. The maximum atomic E-state index is 13.0. The molecule has 6 heteroatoms. The summed E-state index contributed by atoms with van der Waals surface area (Å²) in [5.74, 6) is 0.751. The Bertz CT molecular complexity index is 814. The van der Waals surface area contributed by atoms with Crippen molar-refractivity contribution in [3.8, 4) is 0 Å². The summed E-state index contributed by atoms with van der Waals surface area (Å²) in [5, 5.41) is 0. The van der Waals surface area contributed by atoms with E-state index in [9.17, 15) is 9.59 Å². The van der Waals surface area contributed by atoms with Crippen LogP contribution in [0.2, 0.25) is 0 Å². The van der Waals surface area contributed by atoms with Crippen LogP contribution < -0.4 is 9.80 Å². The molecule has 1 atom stereocenters. The van der Waals surface area contributed by atoms with Gasteiger partial charge in [-0.3, -0.25) is 14.5 Å². The minimum Gasteiger partial charge on any atom is -0.354 e. The number of anilines is 2. The van der Waals surface area contributed by atoms with E-state index < -0.39 is 0 Å². The van der Waals surface area contributed by atoms with Gasteiger partial charge in [-0.25, -0.2) is 9.88 Å². The zero-order valence-corrected chi connectivity index (χ0v) is 15.5. The molecule has 1 aromatic heterocycles. The van der Waals surface area contributed by atoms with Crippen molar-refractivity contribution >= 4 is 23.3 Å². The molecule has 2 aliphatic rings. The van der Waals surface area contributed by atoms with Crippen LogP contribution in [0.1, 0.15) is 18.9 Å². The molecule has 2 fully saturated rings. The summed E-state index contributed by atoms with van der Waals surface area (Å²) in [6.07, 6.45) is 2.99. The van der Waals surface area contributed by atoms with Crippen molar-refractivity contribution in [3.63, 3.8) is 0 Å². The van der Waals surface area contributed by atoms with E-state index in [0.717, 1.165) is 38.4 Å². The Morgan fingerprint density at radius 1 is 1.00 bits per heavy atom. The van der Waals surface area contributed by atoms with Gasteiger partial charge in [0.2, 0.25) is 5.91 Å². The number of piperazine rings is 1. The highest BCUT2D eigenvalue weighted by Crippen LogP contribution is 2.27. The molecular weight excluding hydrogens is 340 g/mol. The van der Waals surface area contributed by atoms with Crippen LogP contribution in [0.15, 0.2) is 48.7 Å². The van der Waals surface area contributed by atoms with Crippen molar-refractivity contribution < 1.29 is 9.59 Å². The zero-order chi connectivity index (χ0) is 18.8. The van der Waals surface area contributed by atoms with Crippen molar-refractivity contribution in [1.82, 2.24) is 9.88 Å². The molecular formula is C21H24N4O2. The number of carbonyl (C=O) groups is 2. The molecule has 0 unspecified atom stereocenters. The standard InChI is InChI=1S/C21H24N4O2/c1-2-16-6-8-17(9-7-16)25-20(26)15-18(21(25)27)23-11-13-24(14-12-23)19-5-3-4-10-22-19/h3-10,18H,2,11-15H2,1H3/t18-/m1/s1. The maximum absolute atomic E-state index is 13.0. The summed E-state index contributed by atoms with van der Waals surface area (Å²) < 4.78 is 0. The Labute approximate surface area is 159 Å². The highest BCUT2D eigenvalue weighted by molar-refractivity contribution is 6.22. The predicted molar refractivity (Wildman–Crippen MR) is 105 cm³/mol. The first-order chi connectivity index (χ1) is 13.2. The quantitative estimate of drug-likeness (QED) is 0.778. The maximum Gasteiger partial charge on any atom is 0.251 e. The lowest BCUT2D eigenvalue weighted by molar-refractivity contribution is -0.123. The Morgan fingerprint density at radius 2 is 1.74 bits per heavy atom. The normalized spacial score (nSPS) is 21.1. The van der Waals surface area contributed by atoms with Crippen LogP contribution >= 0.6 is 0 Å². The molecule has 6 nitrogen and oxygen atoms in total. The van der Waals surface area contributed by atoms with Gasteiger partial charge in [0.1, 0.15) is 5.82 Å². The van der Waals surface area contributed by atoms with Crippen molar-refractivity contribution in [2.45, 2.75) is 25.8 Å². The van der Waals surface area contributed by atoms with Gasteiger partial charge in [-0.05, 0) is 36.2 Å². The first-order valence-electron chi connectivity index (χ1n) is 9.53. The van der Waals surface area contributed by atoms with E-state index in [-0.39, 0.29) is 24.3 Å². The summed E-state index contributed by atoms with van der Waals surface area (Å²) >= 11 is 0. The van der Waals surface area contributed by atoms with E-state index in [1.807, 2.05) is 42.5 Å². The summed E-state index contributed by atoms with van der Waals surface area (Å²) in [5.41, 5.74) is 1.87. The van der Waals surface area contributed by atoms with Crippen molar-refractivity contribution in [1.29, 1.82) is 0 Å². The van der Waals surface area contributed by atoms with Gasteiger partial charge in [-0.2, -0.15) is 0 Å². The number of aromatic nitrogens is 1. The molecule has 3 heterocycles. The molecule has 0 radical (unpaired) electrons. The predicted octanol–water partition coefficient (Wildman–Crippen LogP) is 2.10. The number of benzene rings is 1. The van der Waals surface area contributed by atoms with Gasteiger partial charge >= 0.3 is 0 Å². The number of imide groups is 1. The number of carbonyl (C=O) groups excluding carboxylic acids is 2. The molecule has 2 saturated heterocycles. The average Bonchev–Trinajstić information content (AvgIpc) is 3.03. The van der Waals surface area contributed by atoms with Gasteiger partial charge in [0.25, 0.3) is 5.91 Å². The van der Waals surface area contributed by atoms with Crippen molar-refractivity contribution in [3.05, 3.63) is 54.2 Å². The molecule has 1 aromatic carbocycles. The van der Waals surface area contributed by atoms with Crippen LogP contribution in [-0.4, -0.2) is 53.9 Å². The fraction of sp³-hybridized carbons (Fsp3) is 0.381. The zero-order valence-electron chi connectivity index (χ0n) is 15.5. The highest BCUT2D eigenvalue weighted by Gasteiger charge is 2.43. The molecule has 0 bridgehead atoms. The van der Waals surface area contributed by atoms with Gasteiger partial charge < -0.3 is 4.90 Å². The number of rotatable bonds is 4. The van der Waals surface area contributed by atoms with E-state index in [4.69, 9.17) is 0 Å². The van der Waals surface area contributed by atoms with Gasteiger partial charge in [0.05, 0.1) is 18.2 Å². The van der Waals surface area contributed by atoms with Crippen LogP contribution in [-0.2, 0) is 16.0 Å². The third-order valence-electron chi connectivity index (χ3n) is 5.45. The SMILES string of the molecule is CCc1ccc(N2C(=O)C[C@@H](N3CCN(c4ccccn4)CC3)C2=O)cc1. The molecule has 0 N–H and O–H groups in total. The van der Waals surface area contributed by atoms with Crippen LogP contribution in [0.3, 0.4) is 0 Å². The number of hydrogen-bond donors (Lipinski definition) is 0. The topological polar surface area (TPSA) is 56.8 Å². The molecule has 4 rings (SSSR count). The van der Waals surface area contributed by atoms with Gasteiger partial charge in [0.15, 0.2) is 0 Å². The minimum absolute atomic E-state index is 0.101. The first-order valence-corrected chi connectivity index (χ1v) is 9.53. The van der Waals surface area contributed by atoms with Crippen LogP contribution in [0.4, 0.5) is 11.5 Å². The number of amides is 2. The lowest BCUT2D eigenvalue weighted by atomic mass is 10.1. The van der Waals surface area contributed by atoms with Crippen molar-refractivity contribution in [2.75, 3.05) is 36.0 Å². The van der Waals surface area contributed by atoms with E-state index in [2.05, 4.69) is 21.7 Å². The van der Waals surface area contributed by atoms with Gasteiger partial charge in [-0.1, -0.05) is 25.1 Å². The Hall–Kier alpha value is -2.73. The van der Waals surface area contributed by atoms with Crippen LogP contribution in [0, 0.1) is 0 Å². The first kappa shape index (κ1) is 17.7. The van der Waals surface area contributed by atoms with Crippen LogP contribution in [0.25, 0.3) is 0 Å². The van der Waals surface area contributed by atoms with Crippen molar-refractivity contribution in [2.24, 2.45) is 0 Å². The second-order valence-electron chi connectivity index (χ2n) is 7.02. The second-order valence-corrected chi connectivity index (χ2v) is 7.02. The number of nitrogens with zero attached hydrogens (tertiary/aromatic N) is 4. The second kappa shape index (κ2) is 7.48. The number of hydrogen-bond acceptors (Lipinski definition) is 5. The monoisotopic (exact) mass is 364 g/mol. The summed E-state index contributed by atoms with van der Waals surface area (Å²) in [6, 6.07) is 13.2. The molecule has 0 spiro atoms. The molecule has 27 heavy (non-hydrogen) atoms. The average molecular weight is 364 g/mol. The molecule has 2 amide bonds. The van der Waals surface area contributed by atoms with Gasteiger partial charge in [-0.15, -0.1) is 0 Å². The summed E-state index contributed by atoms with van der Waals surface area (Å²) in [6.45, 7) is 5.20. The Balaban J connectivity index is 1.43. The van der Waals surface area contributed by atoms with E-state index in [1.54, 1.807) is 6.20 Å². The smallest absolute Gasteiger partial charge is 0.251 e. The van der Waals surface area contributed by atoms with Crippen LogP contribution in [0.5, 0.6) is 0 Å². The Morgan fingerprint density at radius 3 is 2.37 bits per heavy atom. The largest absolute Gasteiger partial charge is 0.354 e. The summed E-state index contributed by atoms with van der Waals surface area (Å²) in [4.78, 5) is 35.6.